The molecule has 19 heavy (non-hydrogen) atoms. The maximum Gasteiger partial charge on any atom is 0.137 e. The summed E-state index contributed by atoms with van der Waals surface area (Å²) in [5.74, 6) is 0.706. The van der Waals surface area contributed by atoms with E-state index >= 15 is 0 Å². The van der Waals surface area contributed by atoms with Crippen molar-refractivity contribution in [1.82, 2.24) is 5.32 Å². The lowest BCUT2D eigenvalue weighted by molar-refractivity contribution is 0.414. The predicted molar refractivity (Wildman–Crippen MR) is 80.0 cm³/mol. The molecule has 0 aliphatic carbocycles. The minimum absolute atomic E-state index is 0.150. The molecule has 2 aromatic carbocycles. The van der Waals surface area contributed by atoms with Gasteiger partial charge in [-0.15, -0.1) is 0 Å². The monoisotopic (exact) mass is 275 g/mol. The van der Waals surface area contributed by atoms with Gasteiger partial charge in [0.05, 0.1) is 18.2 Å². The first kappa shape index (κ1) is 13.9. The molecule has 1 unspecified atom stereocenters. The summed E-state index contributed by atoms with van der Waals surface area (Å²) in [7, 11) is 1.63. The molecular formula is C16H18ClNO. The molecule has 0 saturated carbocycles. The standard InChI is InChI=1S/C16H18ClNO/c1-3-18-16(12-7-5-4-6-8-12)13-9-10-14(17)15(11-13)19-2/h4-11,16,18H,3H2,1-2H3. The number of nitrogens with one attached hydrogen (secondary N) is 1. The number of hydrogen-bond donors (Lipinski definition) is 1. The van der Waals surface area contributed by atoms with Gasteiger partial charge in [-0.1, -0.05) is 54.9 Å². The SMILES string of the molecule is CCNC(c1ccccc1)c1ccc(Cl)c(OC)c1. The van der Waals surface area contributed by atoms with E-state index in [2.05, 4.69) is 24.4 Å². The van der Waals surface area contributed by atoms with E-state index in [0.717, 1.165) is 12.1 Å². The molecule has 0 fully saturated rings. The molecule has 3 heteroatoms. The van der Waals surface area contributed by atoms with Crippen LogP contribution in [-0.2, 0) is 0 Å². The van der Waals surface area contributed by atoms with Gasteiger partial charge in [-0.3, -0.25) is 0 Å². The lowest BCUT2D eigenvalue weighted by Crippen LogP contribution is -2.21. The van der Waals surface area contributed by atoms with E-state index in [9.17, 15) is 0 Å². The number of hydrogen-bond acceptors (Lipinski definition) is 2. The third kappa shape index (κ3) is 3.28. The zero-order valence-electron chi connectivity index (χ0n) is 11.2. The van der Waals surface area contributed by atoms with Crippen LogP contribution in [0.15, 0.2) is 48.5 Å². The fourth-order valence-electron chi connectivity index (χ4n) is 2.13. The zero-order valence-corrected chi connectivity index (χ0v) is 11.9. The Morgan fingerprint density at radius 3 is 2.47 bits per heavy atom. The summed E-state index contributed by atoms with van der Waals surface area (Å²) in [5, 5.41) is 4.12. The third-order valence-corrected chi connectivity index (χ3v) is 3.36. The van der Waals surface area contributed by atoms with Crippen LogP contribution in [0.1, 0.15) is 24.1 Å². The molecule has 2 nitrogen and oxygen atoms in total. The first-order chi connectivity index (χ1) is 9.26. The Morgan fingerprint density at radius 2 is 1.84 bits per heavy atom. The molecule has 0 aliphatic rings. The molecule has 0 aliphatic heterocycles. The van der Waals surface area contributed by atoms with Gasteiger partial charge in [0.1, 0.15) is 5.75 Å². The summed E-state index contributed by atoms with van der Waals surface area (Å²) in [5.41, 5.74) is 2.38. The minimum Gasteiger partial charge on any atom is -0.495 e. The van der Waals surface area contributed by atoms with Gasteiger partial charge in [-0.2, -0.15) is 0 Å². The maximum absolute atomic E-state index is 6.08. The Hall–Kier alpha value is -1.51. The lowest BCUT2D eigenvalue weighted by atomic mass is 9.98. The summed E-state index contributed by atoms with van der Waals surface area (Å²) in [6, 6.07) is 16.4. The van der Waals surface area contributed by atoms with Crippen LogP contribution in [0.2, 0.25) is 5.02 Å². The molecule has 0 amide bonds. The molecular weight excluding hydrogens is 258 g/mol. The van der Waals surface area contributed by atoms with Crippen molar-refractivity contribution in [3.05, 3.63) is 64.7 Å². The summed E-state index contributed by atoms with van der Waals surface area (Å²) in [6.45, 7) is 2.99. The van der Waals surface area contributed by atoms with Gasteiger partial charge in [0.25, 0.3) is 0 Å². The smallest absolute Gasteiger partial charge is 0.137 e. The molecule has 0 spiro atoms. The van der Waals surface area contributed by atoms with E-state index in [4.69, 9.17) is 16.3 Å². The quantitative estimate of drug-likeness (QED) is 0.889. The summed E-state index contributed by atoms with van der Waals surface area (Å²) in [6.07, 6.45) is 0. The molecule has 1 atom stereocenters. The van der Waals surface area contributed by atoms with Crippen LogP contribution in [0.3, 0.4) is 0 Å². The van der Waals surface area contributed by atoms with Crippen molar-refractivity contribution in [2.45, 2.75) is 13.0 Å². The van der Waals surface area contributed by atoms with E-state index in [1.165, 1.54) is 5.56 Å². The lowest BCUT2D eigenvalue weighted by Gasteiger charge is -2.20. The van der Waals surface area contributed by atoms with Crippen molar-refractivity contribution in [3.63, 3.8) is 0 Å². The molecule has 1 N–H and O–H groups in total. The first-order valence-electron chi connectivity index (χ1n) is 6.38. The van der Waals surface area contributed by atoms with E-state index in [-0.39, 0.29) is 6.04 Å². The van der Waals surface area contributed by atoms with Crippen molar-refractivity contribution in [3.8, 4) is 5.75 Å². The molecule has 0 aromatic heterocycles. The number of ether oxygens (including phenoxy) is 1. The Morgan fingerprint density at radius 1 is 1.11 bits per heavy atom. The fraction of sp³-hybridized carbons (Fsp3) is 0.250. The van der Waals surface area contributed by atoms with Crippen LogP contribution in [0.5, 0.6) is 5.75 Å². The second-order valence-electron chi connectivity index (χ2n) is 4.30. The van der Waals surface area contributed by atoms with Crippen LogP contribution >= 0.6 is 11.6 Å². The average molecular weight is 276 g/mol. The van der Waals surface area contributed by atoms with Crippen molar-refractivity contribution < 1.29 is 4.74 Å². The number of methoxy groups -OCH3 is 1. The summed E-state index contributed by atoms with van der Waals surface area (Å²) >= 11 is 6.08. The van der Waals surface area contributed by atoms with Crippen molar-refractivity contribution in [2.24, 2.45) is 0 Å². The van der Waals surface area contributed by atoms with Crippen LogP contribution < -0.4 is 10.1 Å². The van der Waals surface area contributed by atoms with Gasteiger partial charge in [0.2, 0.25) is 0 Å². The van der Waals surface area contributed by atoms with Crippen molar-refractivity contribution >= 4 is 11.6 Å². The molecule has 0 bridgehead atoms. The normalized spacial score (nSPS) is 12.2. The van der Waals surface area contributed by atoms with Gasteiger partial charge < -0.3 is 10.1 Å². The van der Waals surface area contributed by atoms with Crippen LogP contribution in [-0.4, -0.2) is 13.7 Å². The summed E-state index contributed by atoms with van der Waals surface area (Å²) in [4.78, 5) is 0. The van der Waals surface area contributed by atoms with Gasteiger partial charge in [-0.05, 0) is 29.8 Å². The number of halogens is 1. The second-order valence-corrected chi connectivity index (χ2v) is 4.70. The highest BCUT2D eigenvalue weighted by molar-refractivity contribution is 6.32. The van der Waals surface area contributed by atoms with E-state index < -0.39 is 0 Å². The molecule has 2 aromatic rings. The average Bonchev–Trinajstić information content (AvgIpc) is 2.46. The minimum atomic E-state index is 0.150. The third-order valence-electron chi connectivity index (χ3n) is 3.05. The largest absolute Gasteiger partial charge is 0.495 e. The van der Waals surface area contributed by atoms with Gasteiger partial charge in [0, 0.05) is 0 Å². The fourth-order valence-corrected chi connectivity index (χ4v) is 2.33. The molecule has 0 saturated heterocycles. The van der Waals surface area contributed by atoms with E-state index in [1.54, 1.807) is 7.11 Å². The molecule has 0 radical (unpaired) electrons. The van der Waals surface area contributed by atoms with Crippen LogP contribution in [0, 0.1) is 0 Å². The first-order valence-corrected chi connectivity index (χ1v) is 6.75. The predicted octanol–water partition coefficient (Wildman–Crippen LogP) is 4.05. The Kier molecular flexibility index (Phi) is 4.83. The molecule has 0 heterocycles. The van der Waals surface area contributed by atoms with E-state index in [1.807, 2.05) is 36.4 Å². The van der Waals surface area contributed by atoms with Crippen molar-refractivity contribution in [2.75, 3.05) is 13.7 Å². The molecule has 2 rings (SSSR count). The number of rotatable bonds is 5. The number of benzene rings is 2. The second kappa shape index (κ2) is 6.60. The van der Waals surface area contributed by atoms with Crippen LogP contribution in [0.4, 0.5) is 0 Å². The van der Waals surface area contributed by atoms with Crippen LogP contribution in [0.25, 0.3) is 0 Å². The van der Waals surface area contributed by atoms with Gasteiger partial charge in [-0.25, -0.2) is 0 Å². The highest BCUT2D eigenvalue weighted by Crippen LogP contribution is 2.30. The highest BCUT2D eigenvalue weighted by atomic mass is 35.5. The maximum atomic E-state index is 6.08. The highest BCUT2D eigenvalue weighted by Gasteiger charge is 2.14. The Labute approximate surface area is 119 Å². The molecule has 100 valence electrons. The van der Waals surface area contributed by atoms with Gasteiger partial charge in [0.15, 0.2) is 0 Å². The topological polar surface area (TPSA) is 21.3 Å². The zero-order chi connectivity index (χ0) is 13.7. The van der Waals surface area contributed by atoms with Gasteiger partial charge >= 0.3 is 0 Å². The Bertz CT molecular complexity index is 528. The van der Waals surface area contributed by atoms with Crippen molar-refractivity contribution in [1.29, 1.82) is 0 Å². The van der Waals surface area contributed by atoms with E-state index in [0.29, 0.717) is 10.8 Å². The summed E-state index contributed by atoms with van der Waals surface area (Å²) < 4.78 is 5.29. The Balaban J connectivity index is 2.39.